The fourth-order valence-corrected chi connectivity index (χ4v) is 2.12. The smallest absolute Gasteiger partial charge is 0.550 e. The molecule has 1 N–H and O–H groups in total. The molecule has 0 heterocycles. The van der Waals surface area contributed by atoms with Crippen LogP contribution in [0.25, 0.3) is 0 Å². The van der Waals surface area contributed by atoms with Crippen molar-refractivity contribution in [2.45, 2.75) is 90.1 Å². The number of unbranched alkanes of at least 4 members (excludes halogenated alkanes) is 8. The second-order valence-corrected chi connectivity index (χ2v) is 5.18. The number of aliphatic hydroxyl groups excluding tert-OH is 1. The first-order valence-electron chi connectivity index (χ1n) is 7.54. The standard InChI is InChI=1S/C15H30O3.K/c1-2-3-4-5-6-7-8-9-10-11-14(16)12-13-15(17)18;/h14,16H,2-13H2,1H3,(H,17,18);/q;+1/p-1. The van der Waals surface area contributed by atoms with E-state index in [0.717, 1.165) is 19.3 Å². The second kappa shape index (κ2) is 17.1. The minimum Gasteiger partial charge on any atom is -0.550 e. The second-order valence-electron chi connectivity index (χ2n) is 5.18. The average molecular weight is 296 g/mol. The van der Waals surface area contributed by atoms with Gasteiger partial charge < -0.3 is 15.0 Å². The van der Waals surface area contributed by atoms with Crippen LogP contribution in [0.15, 0.2) is 0 Å². The molecular weight excluding hydrogens is 267 g/mol. The van der Waals surface area contributed by atoms with E-state index in [0.29, 0.717) is 6.42 Å². The van der Waals surface area contributed by atoms with Gasteiger partial charge in [0.2, 0.25) is 0 Å². The normalized spacial score (nSPS) is 11.9. The summed E-state index contributed by atoms with van der Waals surface area (Å²) in [6.45, 7) is 2.23. The van der Waals surface area contributed by atoms with Crippen molar-refractivity contribution in [2.75, 3.05) is 0 Å². The SMILES string of the molecule is CCCCCCCCCCCC(O)CCC(=O)[O-].[K+]. The number of aliphatic carboxylic acids is 1. The van der Waals surface area contributed by atoms with Crippen LogP contribution in [0.1, 0.15) is 84.0 Å². The largest absolute Gasteiger partial charge is 1.00 e. The van der Waals surface area contributed by atoms with Gasteiger partial charge in [-0.25, -0.2) is 0 Å². The maximum absolute atomic E-state index is 10.2. The van der Waals surface area contributed by atoms with Gasteiger partial charge in [0.15, 0.2) is 0 Å². The molecule has 0 bridgehead atoms. The molecule has 0 aromatic rings. The average Bonchev–Trinajstić information content (AvgIpc) is 2.34. The fraction of sp³-hybridized carbons (Fsp3) is 0.933. The van der Waals surface area contributed by atoms with Crippen LogP contribution in [0.2, 0.25) is 0 Å². The van der Waals surface area contributed by atoms with Gasteiger partial charge >= 0.3 is 51.4 Å². The Labute approximate surface area is 161 Å². The molecular formula is C15H29KO3. The first-order valence-corrected chi connectivity index (χ1v) is 7.54. The topological polar surface area (TPSA) is 60.4 Å². The molecule has 0 amide bonds. The molecule has 0 aromatic heterocycles. The zero-order valence-electron chi connectivity index (χ0n) is 12.8. The van der Waals surface area contributed by atoms with E-state index >= 15 is 0 Å². The summed E-state index contributed by atoms with van der Waals surface area (Å²) < 4.78 is 0. The first kappa shape index (κ1) is 22.3. The van der Waals surface area contributed by atoms with E-state index < -0.39 is 12.1 Å². The van der Waals surface area contributed by atoms with E-state index in [1.165, 1.54) is 44.9 Å². The molecule has 0 saturated carbocycles. The van der Waals surface area contributed by atoms with E-state index in [1.807, 2.05) is 0 Å². The number of aliphatic hydroxyl groups is 1. The molecule has 0 radical (unpaired) electrons. The Bertz CT molecular complexity index is 198. The van der Waals surface area contributed by atoms with Crippen molar-refractivity contribution in [1.82, 2.24) is 0 Å². The summed E-state index contributed by atoms with van der Waals surface area (Å²) in [6, 6.07) is 0. The summed E-state index contributed by atoms with van der Waals surface area (Å²) in [6.07, 6.45) is 11.9. The van der Waals surface area contributed by atoms with Crippen LogP contribution < -0.4 is 56.5 Å². The van der Waals surface area contributed by atoms with Crippen molar-refractivity contribution in [3.8, 4) is 0 Å². The van der Waals surface area contributed by atoms with Crippen molar-refractivity contribution in [1.29, 1.82) is 0 Å². The Balaban J connectivity index is 0. The number of hydrogen-bond acceptors (Lipinski definition) is 3. The summed E-state index contributed by atoms with van der Waals surface area (Å²) >= 11 is 0. The maximum Gasteiger partial charge on any atom is 1.00 e. The van der Waals surface area contributed by atoms with Gasteiger partial charge in [-0.1, -0.05) is 64.7 Å². The molecule has 4 heteroatoms. The third kappa shape index (κ3) is 19.1. The third-order valence-electron chi connectivity index (χ3n) is 3.32. The summed E-state index contributed by atoms with van der Waals surface area (Å²) in [5, 5.41) is 19.7. The molecule has 1 atom stereocenters. The summed E-state index contributed by atoms with van der Waals surface area (Å²) in [5.41, 5.74) is 0. The number of hydrogen-bond donors (Lipinski definition) is 1. The summed E-state index contributed by atoms with van der Waals surface area (Å²) in [4.78, 5) is 10.2. The molecule has 0 fully saturated rings. The van der Waals surface area contributed by atoms with Crippen LogP contribution in [-0.4, -0.2) is 17.2 Å². The fourth-order valence-electron chi connectivity index (χ4n) is 2.12. The minimum absolute atomic E-state index is 0. The Hall–Kier alpha value is 1.07. The Morgan fingerprint density at radius 1 is 0.947 bits per heavy atom. The summed E-state index contributed by atoms with van der Waals surface area (Å²) in [5.74, 6) is -1.07. The summed E-state index contributed by atoms with van der Waals surface area (Å²) in [7, 11) is 0. The third-order valence-corrected chi connectivity index (χ3v) is 3.32. The van der Waals surface area contributed by atoms with E-state index in [-0.39, 0.29) is 57.8 Å². The van der Waals surface area contributed by atoms with Gasteiger partial charge in [-0.3, -0.25) is 0 Å². The van der Waals surface area contributed by atoms with Crippen LogP contribution in [0.3, 0.4) is 0 Å². The monoisotopic (exact) mass is 296 g/mol. The predicted molar refractivity (Wildman–Crippen MR) is 72.1 cm³/mol. The Morgan fingerprint density at radius 3 is 1.89 bits per heavy atom. The van der Waals surface area contributed by atoms with Crippen LogP contribution in [0, 0.1) is 0 Å². The Kier molecular flexibility index (Phi) is 20.1. The van der Waals surface area contributed by atoms with Crippen LogP contribution in [0.5, 0.6) is 0 Å². The molecule has 0 aromatic carbocycles. The number of carboxylic acids is 1. The quantitative estimate of drug-likeness (QED) is 0.378. The molecule has 0 aliphatic heterocycles. The van der Waals surface area contributed by atoms with Crippen molar-refractivity contribution in [3.63, 3.8) is 0 Å². The van der Waals surface area contributed by atoms with E-state index in [9.17, 15) is 15.0 Å². The first-order chi connectivity index (χ1) is 8.66. The van der Waals surface area contributed by atoms with Gasteiger partial charge in [-0.15, -0.1) is 0 Å². The van der Waals surface area contributed by atoms with E-state index in [1.54, 1.807) is 0 Å². The molecule has 0 saturated heterocycles. The van der Waals surface area contributed by atoms with Gasteiger partial charge in [0, 0.05) is 5.97 Å². The molecule has 0 aliphatic rings. The molecule has 0 rings (SSSR count). The zero-order valence-corrected chi connectivity index (χ0v) is 15.9. The van der Waals surface area contributed by atoms with Crippen LogP contribution in [0.4, 0.5) is 0 Å². The van der Waals surface area contributed by atoms with Gasteiger partial charge in [-0.05, 0) is 19.3 Å². The van der Waals surface area contributed by atoms with Crippen molar-refractivity contribution >= 4 is 5.97 Å². The van der Waals surface area contributed by atoms with E-state index in [4.69, 9.17) is 0 Å². The minimum atomic E-state index is -1.07. The zero-order chi connectivity index (χ0) is 13.6. The van der Waals surface area contributed by atoms with Crippen LogP contribution in [-0.2, 0) is 4.79 Å². The number of rotatable bonds is 13. The number of carbonyl (C=O) groups is 1. The molecule has 3 nitrogen and oxygen atoms in total. The predicted octanol–water partition coefficient (Wildman–Crippen LogP) is -0.198. The van der Waals surface area contributed by atoms with Crippen molar-refractivity contribution in [3.05, 3.63) is 0 Å². The van der Waals surface area contributed by atoms with Gasteiger partial charge in [0.25, 0.3) is 0 Å². The van der Waals surface area contributed by atoms with Crippen molar-refractivity contribution in [2.24, 2.45) is 0 Å². The molecule has 19 heavy (non-hydrogen) atoms. The molecule has 0 aliphatic carbocycles. The van der Waals surface area contributed by atoms with E-state index in [2.05, 4.69) is 6.92 Å². The van der Waals surface area contributed by atoms with Crippen LogP contribution >= 0.6 is 0 Å². The number of carbonyl (C=O) groups excluding carboxylic acids is 1. The molecule has 0 spiro atoms. The number of carboxylic acid groups (broad SMARTS) is 1. The molecule has 108 valence electrons. The van der Waals surface area contributed by atoms with Gasteiger partial charge in [0.05, 0.1) is 6.10 Å². The Morgan fingerprint density at radius 2 is 1.42 bits per heavy atom. The molecule has 1 unspecified atom stereocenters. The van der Waals surface area contributed by atoms with Gasteiger partial charge in [-0.2, -0.15) is 0 Å². The van der Waals surface area contributed by atoms with Gasteiger partial charge in [0.1, 0.15) is 0 Å². The maximum atomic E-state index is 10.2. The van der Waals surface area contributed by atoms with Crippen molar-refractivity contribution < 1.29 is 66.4 Å².